The lowest BCUT2D eigenvalue weighted by Crippen LogP contribution is -2.38. The summed E-state index contributed by atoms with van der Waals surface area (Å²) in [4.78, 5) is 13.8. The first-order valence-electron chi connectivity index (χ1n) is 7.85. The highest BCUT2D eigenvalue weighted by Crippen LogP contribution is 2.26. The maximum absolute atomic E-state index is 13.8. The van der Waals surface area contributed by atoms with E-state index in [9.17, 15) is 13.6 Å². The number of benzene rings is 2. The molecule has 4 nitrogen and oxygen atoms in total. The van der Waals surface area contributed by atoms with Crippen LogP contribution in [-0.2, 0) is 11.2 Å². The zero-order valence-electron chi connectivity index (χ0n) is 13.1. The van der Waals surface area contributed by atoms with E-state index in [1.807, 2.05) is 12.1 Å². The van der Waals surface area contributed by atoms with Gasteiger partial charge in [0.1, 0.15) is 17.3 Å². The van der Waals surface area contributed by atoms with Crippen molar-refractivity contribution < 1.29 is 13.6 Å². The Morgan fingerprint density at radius 3 is 2.50 bits per heavy atom. The third kappa shape index (κ3) is 3.64. The number of carbonyl (C=O) groups excluding carboxylic acids is 1. The largest absolute Gasteiger partial charge is 0.399 e. The predicted molar refractivity (Wildman–Crippen MR) is 89.7 cm³/mol. The van der Waals surface area contributed by atoms with Gasteiger partial charge in [0, 0.05) is 24.8 Å². The Labute approximate surface area is 139 Å². The van der Waals surface area contributed by atoms with Crippen LogP contribution in [-0.4, -0.2) is 25.0 Å². The predicted octanol–water partition coefficient (Wildman–Crippen LogP) is 2.48. The molecular formula is C18H19F2N3O. The summed E-state index contributed by atoms with van der Waals surface area (Å²) in [5.41, 5.74) is 7.12. The van der Waals surface area contributed by atoms with Crippen LogP contribution in [0.2, 0.25) is 0 Å². The first kappa shape index (κ1) is 16.2. The van der Waals surface area contributed by atoms with Gasteiger partial charge in [-0.3, -0.25) is 4.79 Å². The fraction of sp³-hybridized carbons (Fsp3) is 0.278. The molecule has 126 valence electrons. The molecule has 1 amide bonds. The molecule has 1 fully saturated rings. The van der Waals surface area contributed by atoms with Gasteiger partial charge in [-0.2, -0.15) is 0 Å². The minimum atomic E-state index is -0.580. The number of rotatable bonds is 4. The van der Waals surface area contributed by atoms with Crippen molar-refractivity contribution in [2.24, 2.45) is 0 Å². The first-order chi connectivity index (χ1) is 11.5. The van der Waals surface area contributed by atoms with Gasteiger partial charge in [-0.05, 0) is 36.2 Å². The molecule has 1 heterocycles. The third-order valence-corrected chi connectivity index (χ3v) is 4.15. The van der Waals surface area contributed by atoms with Crippen LogP contribution in [0.25, 0.3) is 0 Å². The van der Waals surface area contributed by atoms with Gasteiger partial charge in [-0.15, -0.1) is 0 Å². The van der Waals surface area contributed by atoms with E-state index in [4.69, 9.17) is 5.73 Å². The molecule has 0 aromatic heterocycles. The summed E-state index contributed by atoms with van der Waals surface area (Å²) in [7, 11) is 0. The van der Waals surface area contributed by atoms with Crippen molar-refractivity contribution in [1.29, 1.82) is 0 Å². The lowest BCUT2D eigenvalue weighted by molar-refractivity contribution is -0.121. The van der Waals surface area contributed by atoms with Crippen molar-refractivity contribution in [2.75, 3.05) is 23.7 Å². The summed E-state index contributed by atoms with van der Waals surface area (Å²) < 4.78 is 27.7. The number of nitrogens with two attached hydrogens (primary N) is 1. The molecule has 0 radical (unpaired) electrons. The molecule has 0 saturated carbocycles. The lowest BCUT2D eigenvalue weighted by atomic mass is 10.1. The molecule has 24 heavy (non-hydrogen) atoms. The molecule has 1 aliphatic rings. The van der Waals surface area contributed by atoms with E-state index in [2.05, 4.69) is 5.32 Å². The summed E-state index contributed by atoms with van der Waals surface area (Å²) in [5, 5.41) is 2.92. The summed E-state index contributed by atoms with van der Waals surface area (Å²) in [6.45, 7) is 0.899. The van der Waals surface area contributed by atoms with Gasteiger partial charge in [0.25, 0.3) is 0 Å². The van der Waals surface area contributed by atoms with E-state index in [1.165, 1.54) is 18.2 Å². The van der Waals surface area contributed by atoms with Gasteiger partial charge < -0.3 is 16.0 Å². The highest BCUT2D eigenvalue weighted by Gasteiger charge is 2.27. The van der Waals surface area contributed by atoms with Gasteiger partial charge in [0.05, 0.1) is 6.42 Å². The average molecular weight is 331 g/mol. The van der Waals surface area contributed by atoms with Gasteiger partial charge in [0.2, 0.25) is 5.91 Å². The Hall–Kier alpha value is -2.63. The fourth-order valence-electron chi connectivity index (χ4n) is 2.97. The third-order valence-electron chi connectivity index (χ3n) is 4.15. The molecule has 0 aliphatic carbocycles. The highest BCUT2D eigenvalue weighted by atomic mass is 19.1. The van der Waals surface area contributed by atoms with E-state index < -0.39 is 11.6 Å². The smallest absolute Gasteiger partial charge is 0.224 e. The minimum Gasteiger partial charge on any atom is -0.399 e. The Morgan fingerprint density at radius 1 is 1.17 bits per heavy atom. The van der Waals surface area contributed by atoms with E-state index in [-0.39, 0.29) is 24.1 Å². The molecule has 6 heteroatoms. The fourth-order valence-corrected chi connectivity index (χ4v) is 2.97. The number of carbonyl (C=O) groups is 1. The summed E-state index contributed by atoms with van der Waals surface area (Å²) in [5.74, 6) is -1.27. The van der Waals surface area contributed by atoms with Crippen LogP contribution in [0.5, 0.6) is 0 Å². The second-order valence-electron chi connectivity index (χ2n) is 5.99. The molecule has 0 spiro atoms. The van der Waals surface area contributed by atoms with Crippen LogP contribution in [0.4, 0.5) is 20.2 Å². The number of hydrogen-bond acceptors (Lipinski definition) is 3. The van der Waals surface area contributed by atoms with Crippen LogP contribution >= 0.6 is 0 Å². The first-order valence-corrected chi connectivity index (χ1v) is 7.85. The molecule has 3 N–H and O–H groups in total. The zero-order chi connectivity index (χ0) is 17.1. The summed E-state index contributed by atoms with van der Waals surface area (Å²) in [6.07, 6.45) is 0.909. The summed E-state index contributed by atoms with van der Waals surface area (Å²) in [6, 6.07) is 10.8. The van der Waals surface area contributed by atoms with Gasteiger partial charge in [-0.25, -0.2) is 8.78 Å². The topological polar surface area (TPSA) is 58.4 Å². The number of nitrogens with zero attached hydrogens (tertiary/aromatic N) is 1. The van der Waals surface area contributed by atoms with E-state index in [0.717, 1.165) is 5.56 Å². The van der Waals surface area contributed by atoms with E-state index in [1.54, 1.807) is 17.0 Å². The standard InChI is InChI=1S/C18H19F2N3O/c19-15-2-1-3-16(20)18(15)23-9-8-14(11-23)22-17(24)10-12-4-6-13(21)7-5-12/h1-7,14H,8-11,21H2,(H,22,24). The Kier molecular flexibility index (Phi) is 4.64. The molecule has 1 aliphatic heterocycles. The molecule has 0 bridgehead atoms. The number of hydrogen-bond donors (Lipinski definition) is 2. The lowest BCUT2D eigenvalue weighted by Gasteiger charge is -2.20. The second kappa shape index (κ2) is 6.86. The van der Waals surface area contributed by atoms with Gasteiger partial charge in [-0.1, -0.05) is 18.2 Å². The number of anilines is 2. The van der Waals surface area contributed by atoms with Crippen LogP contribution in [0.3, 0.4) is 0 Å². The van der Waals surface area contributed by atoms with Crippen LogP contribution < -0.4 is 16.0 Å². The maximum Gasteiger partial charge on any atom is 0.224 e. The SMILES string of the molecule is Nc1ccc(CC(=O)NC2CCN(c3c(F)cccc3F)C2)cc1. The quantitative estimate of drug-likeness (QED) is 0.846. The summed E-state index contributed by atoms with van der Waals surface area (Å²) >= 11 is 0. The number of nitrogen functional groups attached to an aromatic ring is 1. The molecule has 2 aromatic rings. The zero-order valence-corrected chi connectivity index (χ0v) is 13.1. The van der Waals surface area contributed by atoms with Crippen molar-refractivity contribution in [3.8, 4) is 0 Å². The Balaban J connectivity index is 1.58. The number of halogens is 2. The van der Waals surface area contributed by atoms with E-state index >= 15 is 0 Å². The van der Waals surface area contributed by atoms with Gasteiger partial charge >= 0.3 is 0 Å². The molecule has 1 saturated heterocycles. The van der Waals surface area contributed by atoms with Crippen LogP contribution in [0.1, 0.15) is 12.0 Å². The number of nitrogens with one attached hydrogen (secondary N) is 1. The van der Waals surface area contributed by atoms with Crippen LogP contribution in [0.15, 0.2) is 42.5 Å². The molecule has 1 atom stereocenters. The average Bonchev–Trinajstić information content (AvgIpc) is 2.97. The second-order valence-corrected chi connectivity index (χ2v) is 5.99. The highest BCUT2D eigenvalue weighted by molar-refractivity contribution is 5.79. The van der Waals surface area contributed by atoms with Crippen molar-refractivity contribution >= 4 is 17.3 Å². The van der Waals surface area contributed by atoms with Crippen molar-refractivity contribution in [3.63, 3.8) is 0 Å². The molecule has 2 aromatic carbocycles. The van der Waals surface area contributed by atoms with Crippen molar-refractivity contribution in [1.82, 2.24) is 5.32 Å². The molecule has 3 rings (SSSR count). The maximum atomic E-state index is 13.8. The number of para-hydroxylation sites is 1. The normalized spacial score (nSPS) is 17.1. The van der Waals surface area contributed by atoms with Crippen molar-refractivity contribution in [2.45, 2.75) is 18.9 Å². The Morgan fingerprint density at radius 2 is 1.83 bits per heavy atom. The van der Waals surface area contributed by atoms with Crippen LogP contribution in [0, 0.1) is 11.6 Å². The molecule has 1 unspecified atom stereocenters. The van der Waals surface area contributed by atoms with Gasteiger partial charge in [0.15, 0.2) is 0 Å². The number of amides is 1. The monoisotopic (exact) mass is 331 g/mol. The molecular weight excluding hydrogens is 312 g/mol. The Bertz CT molecular complexity index is 713. The van der Waals surface area contributed by atoms with Crippen molar-refractivity contribution in [3.05, 3.63) is 59.7 Å². The minimum absolute atomic E-state index is 0.0206. The van der Waals surface area contributed by atoms with E-state index in [0.29, 0.717) is 25.2 Å².